The first-order valence-electron chi connectivity index (χ1n) is 9.30. The average molecular weight is 400 g/mol. The van der Waals surface area contributed by atoms with Gasteiger partial charge in [-0.3, -0.25) is 4.79 Å². The minimum Gasteiger partial charge on any atom is -0.493 e. The van der Waals surface area contributed by atoms with Crippen molar-refractivity contribution in [3.8, 4) is 11.5 Å². The highest BCUT2D eigenvalue weighted by Gasteiger charge is 2.21. The number of benzene rings is 2. The monoisotopic (exact) mass is 399 g/mol. The molecule has 0 saturated carbocycles. The van der Waals surface area contributed by atoms with Crippen LogP contribution in [0, 0.1) is 0 Å². The summed E-state index contributed by atoms with van der Waals surface area (Å²) < 4.78 is 11.1. The van der Waals surface area contributed by atoms with E-state index in [1.165, 1.54) is 0 Å². The van der Waals surface area contributed by atoms with E-state index in [-0.39, 0.29) is 11.9 Å². The van der Waals surface area contributed by atoms with Crippen LogP contribution in [-0.2, 0) is 4.79 Å². The lowest BCUT2D eigenvalue weighted by molar-refractivity contribution is -0.117. The number of hydrogen-bond acceptors (Lipinski definition) is 4. The van der Waals surface area contributed by atoms with Crippen LogP contribution in [-0.4, -0.2) is 37.3 Å². The molecule has 1 aliphatic heterocycles. The topological polar surface area (TPSA) is 62.8 Å². The lowest BCUT2D eigenvalue weighted by Crippen LogP contribution is -2.39. The van der Waals surface area contributed by atoms with Crippen molar-refractivity contribution in [2.24, 2.45) is 0 Å². The van der Waals surface area contributed by atoms with Gasteiger partial charge in [-0.25, -0.2) is 0 Å². The third kappa shape index (κ3) is 5.13. The van der Waals surface area contributed by atoms with E-state index in [4.69, 9.17) is 21.7 Å². The van der Waals surface area contributed by atoms with Gasteiger partial charge in [0.05, 0.1) is 13.2 Å². The maximum atomic E-state index is 11.8. The van der Waals surface area contributed by atoms with Gasteiger partial charge in [-0.15, -0.1) is 0 Å². The Labute approximate surface area is 170 Å². The van der Waals surface area contributed by atoms with Gasteiger partial charge in [0.1, 0.15) is 6.61 Å². The fourth-order valence-corrected chi connectivity index (χ4v) is 3.35. The summed E-state index contributed by atoms with van der Waals surface area (Å²) >= 11 is 5.38. The summed E-state index contributed by atoms with van der Waals surface area (Å²) in [6.07, 6.45) is 1.55. The van der Waals surface area contributed by atoms with E-state index < -0.39 is 0 Å². The van der Waals surface area contributed by atoms with Gasteiger partial charge in [0, 0.05) is 24.3 Å². The Kier molecular flexibility index (Phi) is 6.71. The van der Waals surface area contributed by atoms with Gasteiger partial charge in [0.2, 0.25) is 5.91 Å². The second kappa shape index (κ2) is 9.41. The molecule has 1 amide bonds. The van der Waals surface area contributed by atoms with Gasteiger partial charge in [-0.1, -0.05) is 12.1 Å². The Hall–Kier alpha value is -2.80. The predicted molar refractivity (Wildman–Crippen MR) is 115 cm³/mol. The molecule has 2 aromatic carbocycles. The maximum absolute atomic E-state index is 11.8. The number of thiocarbonyl (C=S) groups is 1. The lowest BCUT2D eigenvalue weighted by Gasteiger charge is -2.19. The van der Waals surface area contributed by atoms with E-state index in [9.17, 15) is 4.79 Å². The van der Waals surface area contributed by atoms with Crippen LogP contribution in [0.1, 0.15) is 19.8 Å². The minimum absolute atomic E-state index is 0.00593. The highest BCUT2D eigenvalue weighted by Crippen LogP contribution is 2.26. The Balaban J connectivity index is 1.47. The Morgan fingerprint density at radius 2 is 1.89 bits per heavy atom. The zero-order chi connectivity index (χ0) is 19.9. The number of rotatable bonds is 7. The van der Waals surface area contributed by atoms with Gasteiger partial charge in [-0.2, -0.15) is 0 Å². The first-order valence-corrected chi connectivity index (χ1v) is 9.71. The molecule has 0 radical (unpaired) electrons. The normalized spacial score (nSPS) is 14.5. The van der Waals surface area contributed by atoms with Crippen LogP contribution in [0.5, 0.6) is 11.5 Å². The van der Waals surface area contributed by atoms with Crippen LogP contribution in [0.3, 0.4) is 0 Å². The second-order valence-electron chi connectivity index (χ2n) is 6.66. The van der Waals surface area contributed by atoms with Gasteiger partial charge >= 0.3 is 0 Å². The summed E-state index contributed by atoms with van der Waals surface area (Å²) in [6, 6.07) is 15.2. The Morgan fingerprint density at radius 3 is 2.54 bits per heavy atom. The molecule has 1 saturated heterocycles. The quantitative estimate of drug-likeness (QED) is 0.694. The molecule has 2 N–H and O–H groups in total. The molecule has 1 atom stereocenters. The molecule has 1 fully saturated rings. The van der Waals surface area contributed by atoms with Crippen molar-refractivity contribution in [1.29, 1.82) is 0 Å². The number of nitrogens with one attached hydrogen (secondary N) is 2. The third-order valence-corrected chi connectivity index (χ3v) is 4.67. The molecular formula is C21H25N3O3S. The van der Waals surface area contributed by atoms with Crippen molar-refractivity contribution in [2.75, 3.05) is 30.5 Å². The van der Waals surface area contributed by atoms with E-state index in [1.807, 2.05) is 60.4 Å². The molecule has 0 aromatic heterocycles. The van der Waals surface area contributed by atoms with Crippen molar-refractivity contribution in [1.82, 2.24) is 5.32 Å². The highest BCUT2D eigenvalue weighted by molar-refractivity contribution is 7.80. The molecule has 148 valence electrons. The highest BCUT2D eigenvalue weighted by atomic mass is 32.1. The number of hydrogen-bond donors (Lipinski definition) is 2. The fourth-order valence-electron chi connectivity index (χ4n) is 3.03. The van der Waals surface area contributed by atoms with Crippen molar-refractivity contribution in [3.05, 3.63) is 48.5 Å². The van der Waals surface area contributed by atoms with E-state index in [1.54, 1.807) is 7.11 Å². The van der Waals surface area contributed by atoms with Crippen molar-refractivity contribution >= 4 is 34.6 Å². The minimum atomic E-state index is 0.00593. The van der Waals surface area contributed by atoms with Crippen LogP contribution in [0.25, 0.3) is 0 Å². The lowest BCUT2D eigenvalue weighted by atomic mass is 10.2. The van der Waals surface area contributed by atoms with Gasteiger partial charge in [0.25, 0.3) is 0 Å². The average Bonchev–Trinajstić information content (AvgIpc) is 3.13. The van der Waals surface area contributed by atoms with Gasteiger partial charge in [-0.05, 0) is 62.0 Å². The third-order valence-electron chi connectivity index (χ3n) is 4.45. The van der Waals surface area contributed by atoms with Gasteiger partial charge < -0.3 is 25.0 Å². The largest absolute Gasteiger partial charge is 0.493 e. The Morgan fingerprint density at radius 1 is 1.18 bits per heavy atom. The summed E-state index contributed by atoms with van der Waals surface area (Å²) in [7, 11) is 1.62. The molecule has 1 heterocycles. The molecule has 0 spiro atoms. The number of para-hydroxylation sites is 2. The SMILES string of the molecule is COc1ccccc1OC[C@H](C)NC(=S)Nc1ccc(N2CCCC2=O)cc1. The van der Waals surface area contributed by atoms with E-state index >= 15 is 0 Å². The smallest absolute Gasteiger partial charge is 0.227 e. The Bertz CT molecular complexity index is 826. The van der Waals surface area contributed by atoms with Crippen LogP contribution in [0.4, 0.5) is 11.4 Å². The maximum Gasteiger partial charge on any atom is 0.227 e. The number of nitrogens with zero attached hydrogens (tertiary/aromatic N) is 1. The van der Waals surface area contributed by atoms with Crippen molar-refractivity contribution in [2.45, 2.75) is 25.8 Å². The number of anilines is 2. The summed E-state index contributed by atoms with van der Waals surface area (Å²) in [4.78, 5) is 13.6. The zero-order valence-electron chi connectivity index (χ0n) is 16.1. The van der Waals surface area contributed by atoms with E-state index in [2.05, 4.69) is 10.6 Å². The molecule has 2 aromatic rings. The first-order chi connectivity index (χ1) is 13.6. The first kappa shape index (κ1) is 19.9. The molecule has 7 heteroatoms. The number of methoxy groups -OCH3 is 1. The standard InChI is InChI=1S/C21H25N3O3S/c1-15(14-27-19-7-4-3-6-18(19)26-2)22-21(28)23-16-9-11-17(12-10-16)24-13-5-8-20(24)25/h3-4,6-7,9-12,15H,5,8,13-14H2,1-2H3,(H2,22,23,28)/t15-/m0/s1. The molecule has 0 bridgehead atoms. The van der Waals surface area contributed by atoms with Crippen molar-refractivity contribution < 1.29 is 14.3 Å². The summed E-state index contributed by atoms with van der Waals surface area (Å²) in [5.41, 5.74) is 1.79. The number of carbonyl (C=O) groups is 1. The van der Waals surface area contributed by atoms with E-state index in [0.29, 0.717) is 29.6 Å². The fraction of sp³-hybridized carbons (Fsp3) is 0.333. The summed E-state index contributed by atoms with van der Waals surface area (Å²) in [5, 5.41) is 6.88. The molecule has 3 rings (SSSR count). The van der Waals surface area contributed by atoms with E-state index in [0.717, 1.165) is 24.3 Å². The van der Waals surface area contributed by atoms with Crippen LogP contribution >= 0.6 is 12.2 Å². The molecule has 0 unspecified atom stereocenters. The predicted octanol–water partition coefficient (Wildman–Crippen LogP) is 3.58. The number of ether oxygens (including phenoxy) is 2. The number of amides is 1. The van der Waals surface area contributed by atoms with Crippen LogP contribution in [0.2, 0.25) is 0 Å². The molecule has 6 nitrogen and oxygen atoms in total. The molecule has 28 heavy (non-hydrogen) atoms. The van der Waals surface area contributed by atoms with Crippen LogP contribution in [0.15, 0.2) is 48.5 Å². The molecular weight excluding hydrogens is 374 g/mol. The second-order valence-corrected chi connectivity index (χ2v) is 7.07. The summed E-state index contributed by atoms with van der Waals surface area (Å²) in [6.45, 7) is 3.22. The number of carbonyl (C=O) groups excluding carboxylic acids is 1. The van der Waals surface area contributed by atoms with Gasteiger partial charge in [0.15, 0.2) is 16.6 Å². The summed E-state index contributed by atoms with van der Waals surface area (Å²) in [5.74, 6) is 1.58. The van der Waals surface area contributed by atoms with Crippen LogP contribution < -0.4 is 25.0 Å². The molecule has 0 aliphatic carbocycles. The molecule has 1 aliphatic rings. The zero-order valence-corrected chi connectivity index (χ0v) is 16.9. The van der Waals surface area contributed by atoms with Crippen molar-refractivity contribution in [3.63, 3.8) is 0 Å².